The third-order valence-electron chi connectivity index (χ3n) is 10.9. The van der Waals surface area contributed by atoms with Crippen LogP contribution in [0.3, 0.4) is 0 Å². The van der Waals surface area contributed by atoms with Gasteiger partial charge >= 0.3 is 11.9 Å². The standard InChI is InChI=1S/C49H20F4N6O6S2/c50-33-11-27-29(13-35(33)52)43(60)41(39(27)25(17-54)18-55)58-37-15-31-45(66-37)46-32(16-38(67-46)59-42-40(26(19-56)20-57)28-12-34(51)36(53)14-30(28)44(42)61)49(31,47(62)64-21-23-7-3-1-4-8-23)48(63)65-22-24-9-5-2-6-10-24/h1-16H,21-22H2. The minimum absolute atomic E-state index is 0.0491. The summed E-state index contributed by atoms with van der Waals surface area (Å²) in [6.45, 7) is -0.677. The Morgan fingerprint density at radius 2 is 0.881 bits per heavy atom. The van der Waals surface area contributed by atoms with Gasteiger partial charge in [-0.1, -0.05) is 60.7 Å². The number of aliphatic imine (C=N–C) groups is 2. The van der Waals surface area contributed by atoms with Crippen molar-refractivity contribution in [1.82, 2.24) is 0 Å². The van der Waals surface area contributed by atoms with E-state index in [2.05, 4.69) is 9.98 Å². The molecule has 0 radical (unpaired) electrons. The fraction of sp³-hybridized carbons (Fsp3) is 0.0612. The van der Waals surface area contributed by atoms with E-state index in [0.29, 0.717) is 35.4 Å². The number of benzene rings is 4. The van der Waals surface area contributed by atoms with Crippen LogP contribution in [-0.4, -0.2) is 34.9 Å². The maximum atomic E-state index is 15.0. The van der Waals surface area contributed by atoms with Gasteiger partial charge in [0.25, 0.3) is 0 Å². The van der Waals surface area contributed by atoms with Crippen molar-refractivity contribution in [2.75, 3.05) is 0 Å². The number of ketones is 2. The number of nitrogens with zero attached hydrogens (tertiary/aromatic N) is 6. The highest BCUT2D eigenvalue weighted by Gasteiger charge is 2.60. The molecule has 0 saturated carbocycles. The van der Waals surface area contributed by atoms with Crippen molar-refractivity contribution in [3.05, 3.63) is 176 Å². The van der Waals surface area contributed by atoms with Crippen molar-refractivity contribution < 1.29 is 46.2 Å². The van der Waals surface area contributed by atoms with Crippen molar-refractivity contribution >= 4 is 78.8 Å². The number of esters is 2. The molecule has 6 aromatic rings. The Kier molecular flexibility index (Phi) is 10.9. The molecule has 0 unspecified atom stereocenters. The molecule has 9 rings (SSSR count). The lowest BCUT2D eigenvalue weighted by Crippen LogP contribution is -2.45. The van der Waals surface area contributed by atoms with Gasteiger partial charge in [-0.25, -0.2) is 27.5 Å². The lowest BCUT2D eigenvalue weighted by atomic mass is 9.79. The minimum Gasteiger partial charge on any atom is -0.459 e. The molecule has 0 bridgehead atoms. The van der Waals surface area contributed by atoms with Gasteiger partial charge in [0.05, 0.1) is 9.75 Å². The summed E-state index contributed by atoms with van der Waals surface area (Å²) < 4.78 is 69.9. The maximum absolute atomic E-state index is 15.0. The SMILES string of the molecule is N#CC(C#N)=C1C(=Nc2cc3c(s2)-c2sc(N=C4C(=O)c5cc(F)c(F)cc5C4=C(C#N)C#N)cc2C3(C(=O)OCc2ccccc2)C(=O)OCc2ccccc2)C(=O)c2cc(F)c(F)cc21. The first-order chi connectivity index (χ1) is 32.3. The van der Waals surface area contributed by atoms with Crippen LogP contribution in [0, 0.1) is 68.6 Å². The molecule has 0 amide bonds. The number of carbonyl (C=O) groups excluding carboxylic acids is 4. The molecular formula is C49H20F4N6O6S2. The van der Waals surface area contributed by atoms with Gasteiger partial charge in [0.15, 0.2) is 23.3 Å². The number of allylic oxidation sites excluding steroid dienone is 4. The molecule has 322 valence electrons. The molecule has 0 aliphatic heterocycles. The molecule has 12 nitrogen and oxygen atoms in total. The van der Waals surface area contributed by atoms with Gasteiger partial charge < -0.3 is 9.47 Å². The minimum atomic E-state index is -2.51. The number of rotatable bonds is 8. The van der Waals surface area contributed by atoms with Gasteiger partial charge in [0.1, 0.15) is 70.1 Å². The Morgan fingerprint density at radius 1 is 0.537 bits per heavy atom. The topological polar surface area (TPSA) is 207 Å². The number of hydrogen-bond donors (Lipinski definition) is 0. The molecule has 0 saturated heterocycles. The largest absolute Gasteiger partial charge is 0.459 e. The Hall–Kier alpha value is -8.94. The lowest BCUT2D eigenvalue weighted by Gasteiger charge is -2.26. The Labute approximate surface area is 383 Å². The van der Waals surface area contributed by atoms with Gasteiger partial charge in [-0.05, 0) is 47.5 Å². The van der Waals surface area contributed by atoms with E-state index in [0.717, 1.165) is 22.7 Å². The van der Waals surface area contributed by atoms with Crippen LogP contribution in [0.1, 0.15) is 54.1 Å². The molecule has 18 heteroatoms. The van der Waals surface area contributed by atoms with Gasteiger partial charge in [-0.3, -0.25) is 19.2 Å². The van der Waals surface area contributed by atoms with E-state index in [1.54, 1.807) is 84.9 Å². The number of hydrogen-bond acceptors (Lipinski definition) is 14. The molecule has 0 fully saturated rings. The van der Waals surface area contributed by atoms with Gasteiger partial charge in [-0.15, -0.1) is 22.7 Å². The average molecular weight is 929 g/mol. The summed E-state index contributed by atoms with van der Waals surface area (Å²) in [5, 5.41) is 39.3. The smallest absolute Gasteiger partial charge is 0.333 e. The van der Waals surface area contributed by atoms with Crippen molar-refractivity contribution in [3.8, 4) is 34.0 Å². The third kappa shape index (κ3) is 7.01. The van der Waals surface area contributed by atoms with Crippen LogP contribution >= 0.6 is 22.7 Å². The predicted octanol–water partition coefficient (Wildman–Crippen LogP) is 9.66. The van der Waals surface area contributed by atoms with Crippen LogP contribution in [0.15, 0.2) is 118 Å². The van der Waals surface area contributed by atoms with E-state index >= 15 is 0 Å². The number of carbonyl (C=O) groups is 4. The Balaban J connectivity index is 1.27. The first-order valence-corrected chi connectivity index (χ1v) is 21.0. The summed E-state index contributed by atoms with van der Waals surface area (Å²) in [5.41, 5.74) is -5.99. The quantitative estimate of drug-likeness (QED) is 0.0611. The van der Waals surface area contributed by atoms with Crippen LogP contribution in [0.25, 0.3) is 20.9 Å². The Bertz CT molecular complexity index is 3280. The summed E-state index contributed by atoms with van der Waals surface area (Å²) in [4.78, 5) is 67.0. The van der Waals surface area contributed by atoms with E-state index in [4.69, 9.17) is 9.47 Å². The highest BCUT2D eigenvalue weighted by molar-refractivity contribution is 7.26. The zero-order valence-corrected chi connectivity index (χ0v) is 35.2. The van der Waals surface area contributed by atoms with Gasteiger partial charge in [0.2, 0.25) is 17.0 Å². The zero-order valence-electron chi connectivity index (χ0n) is 33.6. The number of halogens is 4. The molecule has 3 aliphatic carbocycles. The summed E-state index contributed by atoms with van der Waals surface area (Å²) in [5.74, 6) is -9.72. The molecule has 2 heterocycles. The van der Waals surface area contributed by atoms with E-state index in [-0.39, 0.29) is 77.5 Å². The first-order valence-electron chi connectivity index (χ1n) is 19.4. The second kappa shape index (κ2) is 16.9. The fourth-order valence-electron chi connectivity index (χ4n) is 7.93. The molecule has 0 N–H and O–H groups in total. The number of nitriles is 4. The molecule has 4 aromatic carbocycles. The summed E-state index contributed by atoms with van der Waals surface area (Å²) in [6, 6.07) is 28.7. The summed E-state index contributed by atoms with van der Waals surface area (Å²) in [7, 11) is 0. The molecule has 67 heavy (non-hydrogen) atoms. The van der Waals surface area contributed by atoms with Crippen molar-refractivity contribution in [2.45, 2.75) is 18.6 Å². The van der Waals surface area contributed by atoms with Crippen molar-refractivity contribution in [3.63, 3.8) is 0 Å². The van der Waals surface area contributed by atoms with E-state index in [1.807, 2.05) is 0 Å². The molecule has 2 aromatic heterocycles. The lowest BCUT2D eigenvalue weighted by molar-refractivity contribution is -0.164. The first kappa shape index (κ1) is 43.3. The number of thiophene rings is 2. The van der Waals surface area contributed by atoms with E-state index in [9.17, 15) is 57.8 Å². The van der Waals surface area contributed by atoms with Gasteiger partial charge in [0, 0.05) is 44.5 Å². The van der Waals surface area contributed by atoms with Crippen molar-refractivity contribution in [1.29, 1.82) is 21.0 Å². The molecule has 0 atom stereocenters. The van der Waals surface area contributed by atoms with Gasteiger partial charge in [-0.2, -0.15) is 21.0 Å². The zero-order chi connectivity index (χ0) is 47.3. The molecule has 0 spiro atoms. The summed E-state index contributed by atoms with van der Waals surface area (Å²) in [6.07, 6.45) is 0. The second-order valence-corrected chi connectivity index (χ2v) is 16.7. The number of ether oxygens (including phenoxy) is 2. The fourth-order valence-corrected chi connectivity index (χ4v) is 10.3. The van der Waals surface area contributed by atoms with Crippen LogP contribution in [0.4, 0.5) is 27.6 Å². The van der Waals surface area contributed by atoms with Crippen LogP contribution in [-0.2, 0) is 37.7 Å². The number of Topliss-reactive ketones (excluding diaryl/α,β-unsaturated/α-hetero) is 2. The highest BCUT2D eigenvalue weighted by atomic mass is 32.1. The molecular weight excluding hydrogens is 909 g/mol. The number of fused-ring (bicyclic) bond motifs is 5. The van der Waals surface area contributed by atoms with Crippen LogP contribution < -0.4 is 0 Å². The second-order valence-electron chi connectivity index (χ2n) is 14.7. The third-order valence-corrected chi connectivity index (χ3v) is 13.2. The summed E-state index contributed by atoms with van der Waals surface area (Å²) >= 11 is 1.64. The normalized spacial score (nSPS) is 14.9. The van der Waals surface area contributed by atoms with E-state index in [1.165, 1.54) is 12.1 Å². The van der Waals surface area contributed by atoms with Crippen molar-refractivity contribution in [2.24, 2.45) is 9.98 Å². The van der Waals surface area contributed by atoms with Crippen LogP contribution in [0.2, 0.25) is 0 Å². The predicted molar refractivity (Wildman–Crippen MR) is 233 cm³/mol. The monoisotopic (exact) mass is 928 g/mol. The Morgan fingerprint density at radius 3 is 1.22 bits per heavy atom. The van der Waals surface area contributed by atoms with Crippen LogP contribution in [0.5, 0.6) is 0 Å². The maximum Gasteiger partial charge on any atom is 0.333 e. The molecule has 3 aliphatic rings. The highest BCUT2D eigenvalue weighted by Crippen LogP contribution is 2.60. The van der Waals surface area contributed by atoms with E-state index < -0.39 is 74.8 Å². The average Bonchev–Trinajstić information content (AvgIpc) is 4.11.